The maximum absolute atomic E-state index is 13.5. The molecule has 0 saturated heterocycles. The average Bonchev–Trinajstić information content (AvgIpc) is 2.27. The Morgan fingerprint density at radius 2 is 1.95 bits per heavy atom. The van der Waals surface area contributed by atoms with E-state index in [4.69, 9.17) is 0 Å². The standard InChI is InChI=1S/C14H20F2N2O/c1-9(11-7-10(15)5-6-12(11)16)17-8-13(19)18-14(2,3)4/h5-7,9,17H,8H2,1-4H3,(H,18,19). The normalized spacial score (nSPS) is 13.2. The Labute approximate surface area is 112 Å². The molecule has 0 radical (unpaired) electrons. The Morgan fingerprint density at radius 3 is 2.53 bits per heavy atom. The van der Waals surface area contributed by atoms with Gasteiger partial charge in [-0.05, 0) is 45.9 Å². The van der Waals surface area contributed by atoms with E-state index in [0.29, 0.717) is 0 Å². The highest BCUT2D eigenvalue weighted by Gasteiger charge is 2.16. The molecule has 1 unspecified atom stereocenters. The van der Waals surface area contributed by atoms with Crippen LogP contribution in [0.4, 0.5) is 8.78 Å². The number of hydrogen-bond donors (Lipinski definition) is 2. The topological polar surface area (TPSA) is 41.1 Å². The molecule has 1 atom stereocenters. The van der Waals surface area contributed by atoms with Crippen LogP contribution in [0.15, 0.2) is 18.2 Å². The van der Waals surface area contributed by atoms with Crippen LogP contribution in [-0.4, -0.2) is 18.0 Å². The molecule has 1 rings (SSSR count). The number of amides is 1. The molecule has 0 fully saturated rings. The second-order valence-electron chi connectivity index (χ2n) is 5.57. The van der Waals surface area contributed by atoms with Crippen molar-refractivity contribution in [3.63, 3.8) is 0 Å². The van der Waals surface area contributed by atoms with Crippen molar-refractivity contribution in [3.8, 4) is 0 Å². The Balaban J connectivity index is 2.58. The molecule has 0 spiro atoms. The summed E-state index contributed by atoms with van der Waals surface area (Å²) >= 11 is 0. The van der Waals surface area contributed by atoms with Crippen LogP contribution in [0.2, 0.25) is 0 Å². The molecule has 5 heteroatoms. The van der Waals surface area contributed by atoms with Gasteiger partial charge in [0.25, 0.3) is 0 Å². The van der Waals surface area contributed by atoms with E-state index < -0.39 is 17.7 Å². The summed E-state index contributed by atoms with van der Waals surface area (Å²) in [7, 11) is 0. The quantitative estimate of drug-likeness (QED) is 0.882. The van der Waals surface area contributed by atoms with Gasteiger partial charge in [0.15, 0.2) is 0 Å². The minimum Gasteiger partial charge on any atom is -0.350 e. The maximum Gasteiger partial charge on any atom is 0.234 e. The molecule has 3 nitrogen and oxygen atoms in total. The Kier molecular flexibility index (Phi) is 5.00. The minimum atomic E-state index is -0.496. The predicted molar refractivity (Wildman–Crippen MR) is 70.7 cm³/mol. The van der Waals surface area contributed by atoms with Crippen molar-refractivity contribution in [1.29, 1.82) is 0 Å². The zero-order valence-electron chi connectivity index (χ0n) is 11.7. The van der Waals surface area contributed by atoms with E-state index in [1.807, 2.05) is 20.8 Å². The molecule has 106 valence electrons. The lowest BCUT2D eigenvalue weighted by Gasteiger charge is -2.22. The molecule has 0 aliphatic carbocycles. The van der Waals surface area contributed by atoms with Crippen LogP contribution in [0.25, 0.3) is 0 Å². The van der Waals surface area contributed by atoms with E-state index in [-0.39, 0.29) is 23.6 Å². The van der Waals surface area contributed by atoms with Crippen LogP contribution in [0.1, 0.15) is 39.3 Å². The van der Waals surface area contributed by atoms with Gasteiger partial charge in [0.05, 0.1) is 6.54 Å². The first-order chi connectivity index (χ1) is 8.69. The zero-order chi connectivity index (χ0) is 14.6. The second-order valence-corrected chi connectivity index (χ2v) is 5.57. The summed E-state index contributed by atoms with van der Waals surface area (Å²) in [5.74, 6) is -1.17. The van der Waals surface area contributed by atoms with Crippen LogP contribution in [-0.2, 0) is 4.79 Å². The third-order valence-electron chi connectivity index (χ3n) is 2.51. The summed E-state index contributed by atoms with van der Waals surface area (Å²) in [6.07, 6.45) is 0. The van der Waals surface area contributed by atoms with Gasteiger partial charge in [-0.1, -0.05) is 0 Å². The van der Waals surface area contributed by atoms with E-state index in [1.54, 1.807) is 6.92 Å². The number of benzene rings is 1. The monoisotopic (exact) mass is 270 g/mol. The highest BCUT2D eigenvalue weighted by Crippen LogP contribution is 2.17. The van der Waals surface area contributed by atoms with Gasteiger partial charge >= 0.3 is 0 Å². The largest absolute Gasteiger partial charge is 0.350 e. The number of hydrogen-bond acceptors (Lipinski definition) is 2. The summed E-state index contributed by atoms with van der Waals surface area (Å²) in [6, 6.07) is 2.84. The van der Waals surface area contributed by atoms with E-state index in [2.05, 4.69) is 10.6 Å². The van der Waals surface area contributed by atoms with Gasteiger partial charge in [0, 0.05) is 17.1 Å². The van der Waals surface area contributed by atoms with Crippen LogP contribution >= 0.6 is 0 Å². The Bertz CT molecular complexity index is 455. The first-order valence-electron chi connectivity index (χ1n) is 6.18. The predicted octanol–water partition coefficient (Wildman–Crippen LogP) is 2.53. The van der Waals surface area contributed by atoms with E-state index in [1.165, 1.54) is 0 Å². The number of nitrogens with one attached hydrogen (secondary N) is 2. The van der Waals surface area contributed by atoms with Gasteiger partial charge in [-0.3, -0.25) is 4.79 Å². The molecule has 19 heavy (non-hydrogen) atoms. The summed E-state index contributed by atoms with van der Waals surface area (Å²) in [5, 5.41) is 5.65. The number of rotatable bonds is 4. The molecule has 0 aliphatic rings. The lowest BCUT2D eigenvalue weighted by molar-refractivity contribution is -0.121. The van der Waals surface area contributed by atoms with Crippen LogP contribution in [0.3, 0.4) is 0 Å². The van der Waals surface area contributed by atoms with Crippen molar-refractivity contribution in [3.05, 3.63) is 35.4 Å². The van der Waals surface area contributed by atoms with Crippen LogP contribution in [0.5, 0.6) is 0 Å². The van der Waals surface area contributed by atoms with E-state index >= 15 is 0 Å². The highest BCUT2D eigenvalue weighted by molar-refractivity contribution is 5.78. The number of carbonyl (C=O) groups excluding carboxylic acids is 1. The Morgan fingerprint density at radius 1 is 1.32 bits per heavy atom. The maximum atomic E-state index is 13.5. The lowest BCUT2D eigenvalue weighted by Crippen LogP contribution is -2.45. The lowest BCUT2D eigenvalue weighted by atomic mass is 10.1. The van der Waals surface area contributed by atoms with Crippen LogP contribution < -0.4 is 10.6 Å². The average molecular weight is 270 g/mol. The molecule has 0 bridgehead atoms. The number of halogens is 2. The van der Waals surface area contributed by atoms with Gasteiger partial charge in [-0.25, -0.2) is 8.78 Å². The molecule has 0 aromatic heterocycles. The van der Waals surface area contributed by atoms with Gasteiger partial charge in [0.1, 0.15) is 11.6 Å². The molecule has 0 saturated carbocycles. The van der Waals surface area contributed by atoms with Crippen molar-refractivity contribution >= 4 is 5.91 Å². The zero-order valence-corrected chi connectivity index (χ0v) is 11.7. The van der Waals surface area contributed by atoms with Gasteiger partial charge in [0.2, 0.25) is 5.91 Å². The van der Waals surface area contributed by atoms with Crippen molar-refractivity contribution in [2.45, 2.75) is 39.3 Å². The smallest absolute Gasteiger partial charge is 0.234 e. The third kappa shape index (κ3) is 5.34. The Hall–Kier alpha value is -1.49. The number of carbonyl (C=O) groups is 1. The van der Waals surface area contributed by atoms with Gasteiger partial charge in [-0.15, -0.1) is 0 Å². The summed E-state index contributed by atoms with van der Waals surface area (Å²) < 4.78 is 26.6. The summed E-state index contributed by atoms with van der Waals surface area (Å²) in [4.78, 5) is 11.6. The molecule has 1 aromatic carbocycles. The van der Waals surface area contributed by atoms with Crippen molar-refractivity contribution in [2.75, 3.05) is 6.54 Å². The summed E-state index contributed by atoms with van der Waals surface area (Å²) in [5.41, 5.74) is -0.102. The van der Waals surface area contributed by atoms with Gasteiger partial charge in [-0.2, -0.15) is 0 Å². The SMILES string of the molecule is CC(NCC(=O)NC(C)(C)C)c1cc(F)ccc1F. The fraction of sp³-hybridized carbons (Fsp3) is 0.500. The second kappa shape index (κ2) is 6.10. The fourth-order valence-corrected chi connectivity index (χ4v) is 1.66. The fourth-order valence-electron chi connectivity index (χ4n) is 1.66. The van der Waals surface area contributed by atoms with Crippen LogP contribution in [0, 0.1) is 11.6 Å². The molecule has 1 amide bonds. The molecule has 2 N–H and O–H groups in total. The van der Waals surface area contributed by atoms with Crippen molar-refractivity contribution < 1.29 is 13.6 Å². The van der Waals surface area contributed by atoms with E-state index in [0.717, 1.165) is 18.2 Å². The molecular formula is C14H20F2N2O. The molecule has 0 aliphatic heterocycles. The van der Waals surface area contributed by atoms with Gasteiger partial charge < -0.3 is 10.6 Å². The molecule has 1 aromatic rings. The van der Waals surface area contributed by atoms with Crippen molar-refractivity contribution in [2.24, 2.45) is 0 Å². The highest BCUT2D eigenvalue weighted by atomic mass is 19.1. The first kappa shape index (κ1) is 15.6. The third-order valence-corrected chi connectivity index (χ3v) is 2.51. The first-order valence-corrected chi connectivity index (χ1v) is 6.18. The molecule has 0 heterocycles. The van der Waals surface area contributed by atoms with Crippen molar-refractivity contribution in [1.82, 2.24) is 10.6 Å². The molecular weight excluding hydrogens is 250 g/mol. The minimum absolute atomic E-state index is 0.0500. The summed E-state index contributed by atoms with van der Waals surface area (Å²) in [6.45, 7) is 7.36. The van der Waals surface area contributed by atoms with E-state index in [9.17, 15) is 13.6 Å².